The van der Waals surface area contributed by atoms with E-state index in [0.717, 1.165) is 29.0 Å². The van der Waals surface area contributed by atoms with Crippen molar-refractivity contribution in [1.29, 1.82) is 0 Å². The maximum absolute atomic E-state index is 13.8. The fourth-order valence-corrected chi connectivity index (χ4v) is 2.50. The second-order valence-corrected chi connectivity index (χ2v) is 5.83. The molecular weight excluding hydrogens is 333 g/mol. The van der Waals surface area contributed by atoms with Gasteiger partial charge in [-0.05, 0) is 43.2 Å². The highest BCUT2D eigenvalue weighted by Crippen LogP contribution is 2.20. The molecular formula is C20H26FN3O2. The summed E-state index contributed by atoms with van der Waals surface area (Å²) in [6.45, 7) is 5.69. The Hall–Kier alpha value is -2.76. The van der Waals surface area contributed by atoms with Gasteiger partial charge < -0.3 is 20.1 Å². The first-order chi connectivity index (χ1) is 12.6. The van der Waals surface area contributed by atoms with Gasteiger partial charge in [-0.2, -0.15) is 0 Å². The maximum Gasteiger partial charge on any atom is 0.191 e. The molecule has 0 aliphatic rings. The van der Waals surface area contributed by atoms with Crippen LogP contribution in [0.2, 0.25) is 0 Å². The Kier molecular flexibility index (Phi) is 7.26. The Morgan fingerprint density at radius 1 is 1.04 bits per heavy atom. The number of nitrogens with one attached hydrogen (secondary N) is 2. The summed E-state index contributed by atoms with van der Waals surface area (Å²) in [5.41, 5.74) is 2.96. The first kappa shape index (κ1) is 19.6. The summed E-state index contributed by atoms with van der Waals surface area (Å²) < 4.78 is 24.2. The van der Waals surface area contributed by atoms with Crippen LogP contribution in [0.1, 0.15) is 23.6 Å². The van der Waals surface area contributed by atoms with Gasteiger partial charge in [0.05, 0.1) is 20.8 Å². The van der Waals surface area contributed by atoms with Crippen molar-refractivity contribution in [3.8, 4) is 11.5 Å². The lowest BCUT2D eigenvalue weighted by atomic mass is 10.1. The van der Waals surface area contributed by atoms with Gasteiger partial charge in [0.25, 0.3) is 0 Å². The van der Waals surface area contributed by atoms with E-state index in [1.807, 2.05) is 32.0 Å². The third-order valence-corrected chi connectivity index (χ3v) is 3.87. The lowest BCUT2D eigenvalue weighted by Gasteiger charge is -2.14. The molecule has 2 rings (SSSR count). The number of aliphatic imine (C=N–C) groups is 1. The lowest BCUT2D eigenvalue weighted by Crippen LogP contribution is -2.36. The van der Waals surface area contributed by atoms with Gasteiger partial charge in [-0.3, -0.25) is 0 Å². The van der Waals surface area contributed by atoms with Crippen LogP contribution in [0.3, 0.4) is 0 Å². The van der Waals surface area contributed by atoms with Gasteiger partial charge in [0.1, 0.15) is 5.75 Å². The fraction of sp³-hybridized carbons (Fsp3) is 0.350. The number of rotatable bonds is 7. The van der Waals surface area contributed by atoms with Crippen molar-refractivity contribution in [1.82, 2.24) is 10.6 Å². The van der Waals surface area contributed by atoms with Gasteiger partial charge in [0, 0.05) is 18.7 Å². The van der Waals surface area contributed by atoms with E-state index in [0.29, 0.717) is 19.0 Å². The van der Waals surface area contributed by atoms with Crippen LogP contribution in [0, 0.1) is 12.7 Å². The van der Waals surface area contributed by atoms with E-state index in [2.05, 4.69) is 15.6 Å². The molecule has 2 N–H and O–H groups in total. The molecule has 0 aliphatic heterocycles. The van der Waals surface area contributed by atoms with E-state index in [1.165, 1.54) is 13.2 Å². The number of ether oxygens (including phenoxy) is 2. The van der Waals surface area contributed by atoms with Crippen molar-refractivity contribution in [3.05, 3.63) is 58.9 Å². The van der Waals surface area contributed by atoms with E-state index in [4.69, 9.17) is 9.47 Å². The number of halogens is 1. The van der Waals surface area contributed by atoms with Crippen LogP contribution >= 0.6 is 0 Å². The minimum atomic E-state index is -0.387. The molecule has 6 heteroatoms. The van der Waals surface area contributed by atoms with Crippen molar-refractivity contribution in [2.45, 2.75) is 26.9 Å². The smallest absolute Gasteiger partial charge is 0.191 e. The average molecular weight is 359 g/mol. The monoisotopic (exact) mass is 359 g/mol. The second kappa shape index (κ2) is 9.65. The quantitative estimate of drug-likeness (QED) is 0.588. The molecule has 0 radical (unpaired) electrons. The van der Waals surface area contributed by atoms with Gasteiger partial charge in [-0.15, -0.1) is 0 Å². The molecule has 5 nitrogen and oxygen atoms in total. The predicted octanol–water partition coefficient (Wildman–Crippen LogP) is 3.41. The summed E-state index contributed by atoms with van der Waals surface area (Å²) in [6, 6.07) is 10.9. The highest BCUT2D eigenvalue weighted by atomic mass is 19.1. The minimum Gasteiger partial charge on any atom is -0.496 e. The third kappa shape index (κ3) is 5.37. The molecule has 0 atom stereocenters. The SMILES string of the molecule is CCNC(=NCc1ccc(OC)c(F)c1)NCc1ccc(C)cc1OC. The molecule has 0 saturated carbocycles. The number of benzene rings is 2. The number of nitrogens with zero attached hydrogens (tertiary/aromatic N) is 1. The largest absolute Gasteiger partial charge is 0.496 e. The van der Waals surface area contributed by atoms with Gasteiger partial charge in [-0.1, -0.05) is 18.2 Å². The van der Waals surface area contributed by atoms with Gasteiger partial charge in [-0.25, -0.2) is 9.38 Å². The van der Waals surface area contributed by atoms with Crippen molar-refractivity contribution >= 4 is 5.96 Å². The maximum atomic E-state index is 13.8. The van der Waals surface area contributed by atoms with Crippen molar-refractivity contribution < 1.29 is 13.9 Å². The summed E-state index contributed by atoms with van der Waals surface area (Å²) >= 11 is 0. The molecule has 0 fully saturated rings. The van der Waals surface area contributed by atoms with Gasteiger partial charge in [0.2, 0.25) is 0 Å². The number of hydrogen-bond donors (Lipinski definition) is 2. The van der Waals surface area contributed by atoms with Gasteiger partial charge >= 0.3 is 0 Å². The number of aryl methyl sites for hydroxylation is 1. The Balaban J connectivity index is 2.06. The predicted molar refractivity (Wildman–Crippen MR) is 102 cm³/mol. The first-order valence-corrected chi connectivity index (χ1v) is 8.55. The molecule has 26 heavy (non-hydrogen) atoms. The summed E-state index contributed by atoms with van der Waals surface area (Å²) in [6.07, 6.45) is 0. The second-order valence-electron chi connectivity index (χ2n) is 5.83. The van der Waals surface area contributed by atoms with Crippen LogP contribution < -0.4 is 20.1 Å². The van der Waals surface area contributed by atoms with Crippen LogP contribution in [0.15, 0.2) is 41.4 Å². The zero-order valence-electron chi connectivity index (χ0n) is 15.7. The van der Waals surface area contributed by atoms with E-state index < -0.39 is 0 Å². The Bertz CT molecular complexity index is 763. The highest BCUT2D eigenvalue weighted by molar-refractivity contribution is 5.79. The lowest BCUT2D eigenvalue weighted by molar-refractivity contribution is 0.386. The summed E-state index contributed by atoms with van der Waals surface area (Å²) in [5.74, 6) is 1.34. The third-order valence-electron chi connectivity index (χ3n) is 3.87. The number of methoxy groups -OCH3 is 2. The zero-order valence-corrected chi connectivity index (χ0v) is 15.7. The normalized spacial score (nSPS) is 11.2. The molecule has 0 saturated heterocycles. The molecule has 0 amide bonds. The van der Waals surface area contributed by atoms with E-state index in [9.17, 15) is 4.39 Å². The fourth-order valence-electron chi connectivity index (χ4n) is 2.50. The average Bonchev–Trinajstić information content (AvgIpc) is 2.64. The van der Waals surface area contributed by atoms with Crippen LogP contribution in [-0.2, 0) is 13.1 Å². The van der Waals surface area contributed by atoms with Crippen LogP contribution in [-0.4, -0.2) is 26.7 Å². The summed E-state index contributed by atoms with van der Waals surface area (Å²) in [5, 5.41) is 6.47. The topological polar surface area (TPSA) is 54.9 Å². The van der Waals surface area contributed by atoms with Crippen molar-refractivity contribution in [2.24, 2.45) is 4.99 Å². The van der Waals surface area contributed by atoms with E-state index in [-0.39, 0.29) is 11.6 Å². The van der Waals surface area contributed by atoms with Gasteiger partial charge in [0.15, 0.2) is 17.5 Å². The molecule has 0 aliphatic carbocycles. The number of hydrogen-bond acceptors (Lipinski definition) is 3. The number of guanidine groups is 1. The zero-order chi connectivity index (χ0) is 18.9. The molecule has 0 unspecified atom stereocenters. The van der Waals surface area contributed by atoms with Crippen LogP contribution in [0.25, 0.3) is 0 Å². The van der Waals surface area contributed by atoms with Crippen molar-refractivity contribution in [3.63, 3.8) is 0 Å². The van der Waals surface area contributed by atoms with Crippen LogP contribution in [0.4, 0.5) is 4.39 Å². The Labute approximate surface area is 154 Å². The summed E-state index contributed by atoms with van der Waals surface area (Å²) in [7, 11) is 3.11. The first-order valence-electron chi connectivity index (χ1n) is 8.55. The van der Waals surface area contributed by atoms with E-state index >= 15 is 0 Å². The minimum absolute atomic E-state index is 0.231. The molecule has 0 aromatic heterocycles. The summed E-state index contributed by atoms with van der Waals surface area (Å²) in [4.78, 5) is 4.51. The molecule has 0 spiro atoms. The molecule has 0 bridgehead atoms. The molecule has 0 heterocycles. The Morgan fingerprint density at radius 2 is 1.81 bits per heavy atom. The van der Waals surface area contributed by atoms with E-state index in [1.54, 1.807) is 19.2 Å². The standard InChI is InChI=1S/C20H26FN3O2/c1-5-22-20(23-12-15-7-9-18(25-3)17(21)11-15)24-13-16-8-6-14(2)10-19(16)26-4/h6-11H,5,12-13H2,1-4H3,(H2,22,23,24). The van der Waals surface area contributed by atoms with Crippen LogP contribution in [0.5, 0.6) is 11.5 Å². The molecule has 140 valence electrons. The Morgan fingerprint density at radius 3 is 2.46 bits per heavy atom. The molecule has 2 aromatic rings. The molecule has 2 aromatic carbocycles. The highest BCUT2D eigenvalue weighted by Gasteiger charge is 2.06. The van der Waals surface area contributed by atoms with Crippen molar-refractivity contribution in [2.75, 3.05) is 20.8 Å².